The maximum atomic E-state index is 11.8. The van der Waals surface area contributed by atoms with Crippen molar-refractivity contribution in [2.75, 3.05) is 6.54 Å². The number of halogens is 1. The van der Waals surface area contributed by atoms with Crippen LogP contribution in [0.5, 0.6) is 0 Å². The molecule has 0 aromatic carbocycles. The molecule has 20 heavy (non-hydrogen) atoms. The van der Waals surface area contributed by atoms with E-state index in [1.54, 1.807) is 22.8 Å². The lowest BCUT2D eigenvalue weighted by Gasteiger charge is -2.05. The molecule has 104 valence electrons. The van der Waals surface area contributed by atoms with Crippen LogP contribution in [0.1, 0.15) is 21.0 Å². The Bertz CT molecular complexity index is 641. The molecule has 2 rings (SSSR count). The molecule has 0 atom stereocenters. The van der Waals surface area contributed by atoms with Crippen molar-refractivity contribution in [3.63, 3.8) is 0 Å². The van der Waals surface area contributed by atoms with Crippen LogP contribution in [-0.4, -0.2) is 38.1 Å². The van der Waals surface area contributed by atoms with Gasteiger partial charge >= 0.3 is 5.97 Å². The second-order valence-corrected chi connectivity index (χ2v) is 4.72. The van der Waals surface area contributed by atoms with Gasteiger partial charge in [-0.2, -0.15) is 0 Å². The SMILES string of the molecule is O=C(O)c1cn(CCNC(=O)c2cccc(Br)n2)cn1. The molecule has 0 radical (unpaired) electrons. The van der Waals surface area contributed by atoms with Crippen molar-refractivity contribution in [3.8, 4) is 0 Å². The van der Waals surface area contributed by atoms with Crippen LogP contribution in [0.25, 0.3) is 0 Å². The van der Waals surface area contributed by atoms with Gasteiger partial charge in [-0.25, -0.2) is 14.8 Å². The molecular formula is C12H11BrN4O3. The molecule has 0 saturated heterocycles. The molecule has 0 fully saturated rings. The van der Waals surface area contributed by atoms with Gasteiger partial charge in [0.2, 0.25) is 0 Å². The summed E-state index contributed by atoms with van der Waals surface area (Å²) in [6.07, 6.45) is 2.82. The maximum absolute atomic E-state index is 11.8. The van der Waals surface area contributed by atoms with Gasteiger partial charge < -0.3 is 15.0 Å². The van der Waals surface area contributed by atoms with E-state index in [2.05, 4.69) is 31.2 Å². The number of aromatic nitrogens is 3. The molecule has 0 spiro atoms. The van der Waals surface area contributed by atoms with Gasteiger partial charge in [0.1, 0.15) is 10.3 Å². The van der Waals surface area contributed by atoms with Crippen LogP contribution in [0.2, 0.25) is 0 Å². The van der Waals surface area contributed by atoms with Crippen LogP contribution in [0.15, 0.2) is 35.3 Å². The number of imidazole rings is 1. The summed E-state index contributed by atoms with van der Waals surface area (Å²) in [5.74, 6) is -1.36. The third-order valence-electron chi connectivity index (χ3n) is 2.46. The van der Waals surface area contributed by atoms with Gasteiger partial charge in [0.15, 0.2) is 5.69 Å². The number of carboxylic acid groups (broad SMARTS) is 1. The summed E-state index contributed by atoms with van der Waals surface area (Å²) in [6.45, 7) is 0.780. The van der Waals surface area contributed by atoms with Gasteiger partial charge in [-0.3, -0.25) is 4.79 Å². The van der Waals surface area contributed by atoms with E-state index < -0.39 is 5.97 Å². The molecule has 0 aliphatic rings. The Hall–Kier alpha value is -2.22. The number of aromatic carboxylic acids is 1. The van der Waals surface area contributed by atoms with E-state index in [1.807, 2.05) is 0 Å². The Morgan fingerprint density at radius 3 is 2.80 bits per heavy atom. The molecule has 0 bridgehead atoms. The predicted molar refractivity (Wildman–Crippen MR) is 73.5 cm³/mol. The second kappa shape index (κ2) is 6.29. The molecule has 2 heterocycles. The van der Waals surface area contributed by atoms with Gasteiger partial charge in [-0.1, -0.05) is 6.07 Å². The molecule has 0 aliphatic heterocycles. The molecule has 2 N–H and O–H groups in total. The van der Waals surface area contributed by atoms with Crippen molar-refractivity contribution in [2.24, 2.45) is 0 Å². The smallest absolute Gasteiger partial charge is 0.356 e. The second-order valence-electron chi connectivity index (χ2n) is 3.90. The number of pyridine rings is 1. The lowest BCUT2D eigenvalue weighted by Crippen LogP contribution is -2.27. The lowest BCUT2D eigenvalue weighted by molar-refractivity contribution is 0.0690. The Morgan fingerprint density at radius 2 is 2.15 bits per heavy atom. The van der Waals surface area contributed by atoms with E-state index in [1.165, 1.54) is 12.5 Å². The summed E-state index contributed by atoms with van der Waals surface area (Å²) < 4.78 is 2.18. The molecule has 2 aromatic heterocycles. The number of hydrogen-bond acceptors (Lipinski definition) is 4. The number of carboxylic acids is 1. The van der Waals surface area contributed by atoms with Crippen LogP contribution >= 0.6 is 15.9 Å². The fraction of sp³-hybridized carbons (Fsp3) is 0.167. The van der Waals surface area contributed by atoms with Gasteiger partial charge in [-0.05, 0) is 28.1 Å². The molecule has 1 amide bonds. The first kappa shape index (κ1) is 14.2. The van der Waals surface area contributed by atoms with Gasteiger partial charge in [-0.15, -0.1) is 0 Å². The fourth-order valence-corrected chi connectivity index (χ4v) is 1.86. The average molecular weight is 339 g/mol. The topological polar surface area (TPSA) is 97.1 Å². The fourth-order valence-electron chi connectivity index (χ4n) is 1.52. The average Bonchev–Trinajstić information content (AvgIpc) is 2.87. The Labute approximate surface area is 122 Å². The van der Waals surface area contributed by atoms with Crippen molar-refractivity contribution in [1.82, 2.24) is 19.9 Å². The summed E-state index contributed by atoms with van der Waals surface area (Å²) in [4.78, 5) is 30.2. The Morgan fingerprint density at radius 1 is 1.35 bits per heavy atom. The van der Waals surface area contributed by atoms with Gasteiger partial charge in [0, 0.05) is 19.3 Å². The summed E-state index contributed by atoms with van der Waals surface area (Å²) in [6, 6.07) is 5.07. The van der Waals surface area contributed by atoms with Gasteiger partial charge in [0.25, 0.3) is 5.91 Å². The van der Waals surface area contributed by atoms with E-state index >= 15 is 0 Å². The zero-order valence-corrected chi connectivity index (χ0v) is 11.9. The number of nitrogens with zero attached hydrogens (tertiary/aromatic N) is 3. The third kappa shape index (κ3) is 3.64. The number of carbonyl (C=O) groups excluding carboxylic acids is 1. The standard InChI is InChI=1S/C12H11BrN4O3/c13-10-3-1-2-8(16-10)11(18)14-4-5-17-6-9(12(19)20)15-7-17/h1-3,6-7H,4-5H2,(H,14,18)(H,19,20). The monoisotopic (exact) mass is 338 g/mol. The number of hydrogen-bond donors (Lipinski definition) is 2. The molecule has 8 heteroatoms. The molecule has 0 saturated carbocycles. The highest BCUT2D eigenvalue weighted by atomic mass is 79.9. The number of amides is 1. The van der Waals surface area contributed by atoms with Gasteiger partial charge in [0.05, 0.1) is 6.33 Å². The number of carbonyl (C=O) groups is 2. The Balaban J connectivity index is 1.86. The summed E-state index contributed by atoms with van der Waals surface area (Å²) in [7, 11) is 0. The molecular weight excluding hydrogens is 328 g/mol. The highest BCUT2D eigenvalue weighted by Gasteiger charge is 2.08. The van der Waals surface area contributed by atoms with Crippen molar-refractivity contribution in [1.29, 1.82) is 0 Å². The first-order valence-corrected chi connectivity index (χ1v) is 6.51. The van der Waals surface area contributed by atoms with Crippen LogP contribution in [0.3, 0.4) is 0 Å². The quantitative estimate of drug-likeness (QED) is 0.797. The lowest BCUT2D eigenvalue weighted by atomic mass is 10.3. The van der Waals surface area contributed by atoms with Crippen molar-refractivity contribution in [2.45, 2.75) is 6.54 Å². The number of nitrogens with one attached hydrogen (secondary N) is 1. The summed E-state index contributed by atoms with van der Waals surface area (Å²) >= 11 is 3.19. The normalized spacial score (nSPS) is 10.2. The minimum absolute atomic E-state index is 0.0232. The molecule has 7 nitrogen and oxygen atoms in total. The molecule has 0 unspecified atom stereocenters. The highest BCUT2D eigenvalue weighted by Crippen LogP contribution is 2.05. The molecule has 2 aromatic rings. The van der Waals surface area contributed by atoms with E-state index in [0.29, 0.717) is 23.4 Å². The van der Waals surface area contributed by atoms with Crippen molar-refractivity contribution >= 4 is 27.8 Å². The third-order valence-corrected chi connectivity index (χ3v) is 2.90. The minimum atomic E-state index is -1.08. The highest BCUT2D eigenvalue weighted by molar-refractivity contribution is 9.10. The minimum Gasteiger partial charge on any atom is -0.476 e. The zero-order chi connectivity index (χ0) is 14.5. The number of rotatable bonds is 5. The van der Waals surface area contributed by atoms with E-state index in [0.717, 1.165) is 0 Å². The van der Waals surface area contributed by atoms with E-state index in [4.69, 9.17) is 5.11 Å². The largest absolute Gasteiger partial charge is 0.476 e. The van der Waals surface area contributed by atoms with Crippen LogP contribution in [0.4, 0.5) is 0 Å². The maximum Gasteiger partial charge on any atom is 0.356 e. The first-order chi connectivity index (χ1) is 9.56. The zero-order valence-electron chi connectivity index (χ0n) is 10.3. The van der Waals surface area contributed by atoms with E-state index in [9.17, 15) is 9.59 Å². The van der Waals surface area contributed by atoms with Crippen LogP contribution in [0, 0.1) is 0 Å². The van der Waals surface area contributed by atoms with E-state index in [-0.39, 0.29) is 11.6 Å². The molecule has 0 aliphatic carbocycles. The first-order valence-electron chi connectivity index (χ1n) is 5.72. The van der Waals surface area contributed by atoms with Crippen molar-refractivity contribution in [3.05, 3.63) is 46.7 Å². The summed E-state index contributed by atoms with van der Waals surface area (Å²) in [5.41, 5.74) is 0.293. The predicted octanol–water partition coefficient (Wildman–Crippen LogP) is 1.17. The van der Waals surface area contributed by atoms with Crippen LogP contribution in [-0.2, 0) is 6.54 Å². The van der Waals surface area contributed by atoms with Crippen LogP contribution < -0.4 is 5.32 Å². The van der Waals surface area contributed by atoms with Crippen molar-refractivity contribution < 1.29 is 14.7 Å². The summed E-state index contributed by atoms with van der Waals surface area (Å²) in [5, 5.41) is 11.4. The Kier molecular flexibility index (Phi) is 4.46.